The Labute approximate surface area is 152 Å². The molecule has 0 fully saturated rings. The average Bonchev–Trinajstić information content (AvgIpc) is 3.03. The van der Waals surface area contributed by atoms with Gasteiger partial charge in [-0.1, -0.05) is 35.4 Å². The maximum atomic E-state index is 13.1. The van der Waals surface area contributed by atoms with E-state index in [1.54, 1.807) is 42.5 Å². The Morgan fingerprint density at radius 3 is 2.32 bits per heavy atom. The molecule has 0 atom stereocenters. The summed E-state index contributed by atoms with van der Waals surface area (Å²) in [6, 6.07) is 13.7. The smallest absolute Gasteiger partial charge is 0.268 e. The van der Waals surface area contributed by atoms with Gasteiger partial charge in [-0.05, 0) is 60.9 Å². The molecule has 25 heavy (non-hydrogen) atoms. The van der Waals surface area contributed by atoms with Crippen molar-refractivity contribution in [3.05, 3.63) is 76.4 Å². The van der Waals surface area contributed by atoms with Crippen molar-refractivity contribution in [3.63, 3.8) is 0 Å². The summed E-state index contributed by atoms with van der Waals surface area (Å²) >= 11 is 6.08. The summed E-state index contributed by atoms with van der Waals surface area (Å²) in [6.45, 7) is 3.52. The molecule has 0 unspecified atom stereocenters. The van der Waals surface area contributed by atoms with Crippen LogP contribution in [-0.4, -0.2) is 17.5 Å². The lowest BCUT2D eigenvalue weighted by atomic mass is 10.1. The Bertz CT molecular complexity index is 1020. The van der Waals surface area contributed by atoms with E-state index in [4.69, 9.17) is 11.6 Å². The van der Waals surface area contributed by atoms with E-state index in [9.17, 15) is 13.5 Å². The second-order valence-corrected chi connectivity index (χ2v) is 8.19. The predicted molar refractivity (Wildman–Crippen MR) is 99.3 cm³/mol. The monoisotopic (exact) mass is 375 g/mol. The normalized spacial score (nSPS) is 11.7. The van der Waals surface area contributed by atoms with E-state index in [2.05, 4.69) is 0 Å². The Morgan fingerprint density at radius 1 is 1.04 bits per heavy atom. The first-order valence-electron chi connectivity index (χ1n) is 7.74. The summed E-state index contributed by atoms with van der Waals surface area (Å²) in [6.07, 6.45) is 1.45. The third kappa shape index (κ3) is 3.35. The van der Waals surface area contributed by atoms with Gasteiger partial charge in [0.1, 0.15) is 0 Å². The maximum Gasteiger partial charge on any atom is 0.268 e. The highest BCUT2D eigenvalue weighted by atomic mass is 35.5. The van der Waals surface area contributed by atoms with Crippen LogP contribution in [-0.2, 0) is 16.6 Å². The number of nitrogens with zero attached hydrogens (tertiary/aromatic N) is 1. The number of aromatic nitrogens is 1. The van der Waals surface area contributed by atoms with Gasteiger partial charge in [0.25, 0.3) is 10.0 Å². The Morgan fingerprint density at radius 2 is 1.72 bits per heavy atom. The van der Waals surface area contributed by atoms with Crippen LogP contribution in [0.25, 0.3) is 11.3 Å². The van der Waals surface area contributed by atoms with Crippen LogP contribution in [0.2, 0.25) is 5.02 Å². The Hall–Kier alpha value is -2.08. The van der Waals surface area contributed by atoms with Gasteiger partial charge in [0, 0.05) is 11.2 Å². The first-order chi connectivity index (χ1) is 11.8. The molecule has 1 heterocycles. The fourth-order valence-corrected chi connectivity index (χ4v) is 4.14. The minimum absolute atomic E-state index is 0.199. The van der Waals surface area contributed by atoms with Crippen LogP contribution < -0.4 is 0 Å². The van der Waals surface area contributed by atoms with Crippen LogP contribution in [0.5, 0.6) is 0 Å². The van der Waals surface area contributed by atoms with E-state index in [1.807, 2.05) is 19.9 Å². The molecule has 4 nitrogen and oxygen atoms in total. The summed E-state index contributed by atoms with van der Waals surface area (Å²) in [7, 11) is -3.77. The molecule has 130 valence electrons. The molecule has 1 aromatic heterocycles. The zero-order chi connectivity index (χ0) is 18.2. The van der Waals surface area contributed by atoms with Crippen molar-refractivity contribution in [1.82, 2.24) is 3.97 Å². The minimum Gasteiger partial charge on any atom is -0.392 e. The molecule has 0 spiro atoms. The maximum absolute atomic E-state index is 13.1. The van der Waals surface area contributed by atoms with Gasteiger partial charge < -0.3 is 5.11 Å². The summed E-state index contributed by atoms with van der Waals surface area (Å²) in [5, 5.41) is 10.1. The molecule has 0 saturated heterocycles. The van der Waals surface area contributed by atoms with Crippen molar-refractivity contribution < 1.29 is 13.5 Å². The van der Waals surface area contributed by atoms with E-state index in [1.165, 1.54) is 10.2 Å². The molecule has 0 amide bonds. The van der Waals surface area contributed by atoms with E-state index in [0.29, 0.717) is 16.3 Å². The lowest BCUT2D eigenvalue weighted by molar-refractivity contribution is 0.282. The van der Waals surface area contributed by atoms with Gasteiger partial charge in [0.15, 0.2) is 0 Å². The largest absolute Gasteiger partial charge is 0.392 e. The van der Waals surface area contributed by atoms with E-state index < -0.39 is 10.0 Å². The van der Waals surface area contributed by atoms with Gasteiger partial charge in [0.05, 0.1) is 17.2 Å². The molecule has 3 rings (SSSR count). The molecule has 2 aromatic carbocycles. The number of benzene rings is 2. The second-order valence-electron chi connectivity index (χ2n) is 5.97. The zero-order valence-corrected chi connectivity index (χ0v) is 15.5. The summed E-state index contributed by atoms with van der Waals surface area (Å²) in [4.78, 5) is 0.199. The van der Waals surface area contributed by atoms with E-state index >= 15 is 0 Å². The van der Waals surface area contributed by atoms with Crippen LogP contribution in [0.3, 0.4) is 0 Å². The summed E-state index contributed by atoms with van der Waals surface area (Å²) in [5.74, 6) is 0. The van der Waals surface area contributed by atoms with Crippen LogP contribution in [0, 0.1) is 13.8 Å². The topological polar surface area (TPSA) is 59.3 Å². The highest BCUT2D eigenvalue weighted by Gasteiger charge is 2.22. The zero-order valence-electron chi connectivity index (χ0n) is 13.9. The SMILES string of the molecule is Cc1ccc(S(=O)(=O)n2cc(CO)cc2-c2ccc(Cl)c(C)c2)cc1. The molecule has 0 aliphatic heterocycles. The molecule has 0 aliphatic carbocycles. The highest BCUT2D eigenvalue weighted by molar-refractivity contribution is 7.90. The highest BCUT2D eigenvalue weighted by Crippen LogP contribution is 2.29. The first kappa shape index (κ1) is 17.7. The van der Waals surface area contributed by atoms with Gasteiger partial charge in [-0.2, -0.15) is 0 Å². The lowest BCUT2D eigenvalue weighted by Crippen LogP contribution is -2.13. The molecule has 0 radical (unpaired) electrons. The quantitative estimate of drug-likeness (QED) is 0.745. The van der Waals surface area contributed by atoms with Crippen LogP contribution in [0.4, 0.5) is 0 Å². The molecule has 0 aliphatic rings. The molecule has 1 N–H and O–H groups in total. The molecular weight excluding hydrogens is 358 g/mol. The van der Waals surface area contributed by atoms with Crippen molar-refractivity contribution in [2.24, 2.45) is 0 Å². The summed E-state index contributed by atoms with van der Waals surface area (Å²) in [5.41, 5.74) is 3.57. The molecule has 0 bridgehead atoms. The molecule has 6 heteroatoms. The fraction of sp³-hybridized carbons (Fsp3) is 0.158. The van der Waals surface area contributed by atoms with Crippen molar-refractivity contribution in [2.75, 3.05) is 0 Å². The number of halogens is 1. The number of aryl methyl sites for hydroxylation is 2. The number of aliphatic hydroxyl groups is 1. The third-order valence-electron chi connectivity index (χ3n) is 4.06. The second kappa shape index (κ2) is 6.67. The number of hydrogen-bond donors (Lipinski definition) is 1. The predicted octanol–water partition coefficient (Wildman–Crippen LogP) is 4.15. The van der Waals surface area contributed by atoms with Crippen molar-refractivity contribution in [2.45, 2.75) is 25.3 Å². The van der Waals surface area contributed by atoms with Crippen molar-refractivity contribution in [1.29, 1.82) is 0 Å². The fourth-order valence-electron chi connectivity index (χ4n) is 2.62. The van der Waals surface area contributed by atoms with Crippen molar-refractivity contribution in [3.8, 4) is 11.3 Å². The van der Waals surface area contributed by atoms with Crippen LogP contribution in [0.1, 0.15) is 16.7 Å². The standard InChI is InChI=1S/C19H18ClNO3S/c1-13-3-6-17(7-4-13)25(23,24)21-11-15(12-22)10-19(21)16-5-8-18(20)14(2)9-16/h3-11,22H,12H2,1-2H3. The van der Waals surface area contributed by atoms with Crippen LogP contribution >= 0.6 is 11.6 Å². The lowest BCUT2D eigenvalue weighted by Gasteiger charge is -2.12. The minimum atomic E-state index is -3.77. The number of rotatable bonds is 4. The molecular formula is C19H18ClNO3S. The van der Waals surface area contributed by atoms with Gasteiger partial charge in [0.2, 0.25) is 0 Å². The first-order valence-corrected chi connectivity index (χ1v) is 9.55. The van der Waals surface area contributed by atoms with Gasteiger partial charge in [-0.25, -0.2) is 12.4 Å². The molecule has 3 aromatic rings. The van der Waals surface area contributed by atoms with Gasteiger partial charge in [-0.15, -0.1) is 0 Å². The average molecular weight is 376 g/mol. The van der Waals surface area contributed by atoms with E-state index in [0.717, 1.165) is 16.7 Å². The van der Waals surface area contributed by atoms with Gasteiger partial charge >= 0.3 is 0 Å². The summed E-state index contributed by atoms with van der Waals surface area (Å²) < 4.78 is 27.4. The van der Waals surface area contributed by atoms with Crippen LogP contribution in [0.15, 0.2) is 59.6 Å². The Balaban J connectivity index is 2.20. The number of aliphatic hydroxyl groups excluding tert-OH is 1. The van der Waals surface area contributed by atoms with Crippen molar-refractivity contribution >= 4 is 21.6 Å². The van der Waals surface area contributed by atoms with E-state index in [-0.39, 0.29) is 11.5 Å². The molecule has 0 saturated carbocycles. The van der Waals surface area contributed by atoms with Gasteiger partial charge in [-0.3, -0.25) is 0 Å². The third-order valence-corrected chi connectivity index (χ3v) is 6.17. The Kier molecular flexibility index (Phi) is 4.73. The number of hydrogen-bond acceptors (Lipinski definition) is 3.